The molecule has 0 aliphatic carbocycles. The maximum atomic E-state index is 4.53. The van der Waals surface area contributed by atoms with Crippen LogP contribution in [0, 0.1) is 0 Å². The van der Waals surface area contributed by atoms with Gasteiger partial charge in [-0.2, -0.15) is 16.9 Å². The van der Waals surface area contributed by atoms with Crippen LogP contribution in [0.25, 0.3) is 22.4 Å². The van der Waals surface area contributed by atoms with Gasteiger partial charge < -0.3 is 0 Å². The molecule has 0 saturated carbocycles. The van der Waals surface area contributed by atoms with E-state index < -0.39 is 0 Å². The summed E-state index contributed by atoms with van der Waals surface area (Å²) in [5, 5.41) is 7.72. The molecule has 1 aliphatic heterocycles. The number of hydrogen-bond donors (Lipinski definition) is 1. The third-order valence-electron chi connectivity index (χ3n) is 5.82. The largest absolute Gasteiger partial charge is 0.297 e. The topological polar surface area (TPSA) is 31.9 Å². The molecule has 1 saturated heterocycles. The van der Waals surface area contributed by atoms with Gasteiger partial charge in [-0.3, -0.25) is 10.00 Å². The van der Waals surface area contributed by atoms with Crippen LogP contribution in [0.1, 0.15) is 16.8 Å². The molecular formula is C27H27N3S. The van der Waals surface area contributed by atoms with Crippen molar-refractivity contribution < 1.29 is 0 Å². The zero-order chi connectivity index (χ0) is 20.9. The number of rotatable bonds is 6. The van der Waals surface area contributed by atoms with Crippen molar-refractivity contribution in [3.8, 4) is 22.4 Å². The highest BCUT2D eigenvalue weighted by Crippen LogP contribution is 2.26. The van der Waals surface area contributed by atoms with E-state index in [1.165, 1.54) is 46.8 Å². The fourth-order valence-electron chi connectivity index (χ4n) is 4.12. The molecule has 4 heteroatoms. The van der Waals surface area contributed by atoms with Gasteiger partial charge in [0, 0.05) is 48.8 Å². The second-order valence-electron chi connectivity index (χ2n) is 8.11. The molecular weight excluding hydrogens is 398 g/mol. The van der Waals surface area contributed by atoms with E-state index in [9.17, 15) is 0 Å². The number of hydrogen-bond acceptors (Lipinski definition) is 3. The summed E-state index contributed by atoms with van der Waals surface area (Å²) in [5.74, 6) is 2.50. The average molecular weight is 426 g/mol. The molecule has 0 atom stereocenters. The lowest BCUT2D eigenvalue weighted by Crippen LogP contribution is -2.31. The smallest absolute Gasteiger partial charge is 0.0923 e. The van der Waals surface area contributed by atoms with Crippen molar-refractivity contribution in [2.24, 2.45) is 0 Å². The van der Waals surface area contributed by atoms with E-state index in [4.69, 9.17) is 0 Å². The Labute approximate surface area is 188 Å². The van der Waals surface area contributed by atoms with Crippen LogP contribution in [0.5, 0.6) is 0 Å². The first kappa shape index (κ1) is 20.1. The van der Waals surface area contributed by atoms with Crippen LogP contribution >= 0.6 is 11.8 Å². The second kappa shape index (κ2) is 9.54. The quantitative estimate of drug-likeness (QED) is 0.418. The lowest BCUT2D eigenvalue weighted by molar-refractivity contribution is 0.294. The summed E-state index contributed by atoms with van der Waals surface area (Å²) in [6, 6.07) is 30.4. The van der Waals surface area contributed by atoms with Gasteiger partial charge in [0.1, 0.15) is 0 Å². The Hall–Kier alpha value is -2.82. The summed E-state index contributed by atoms with van der Waals surface area (Å²) in [6.07, 6.45) is 0.869. The molecule has 0 bridgehead atoms. The van der Waals surface area contributed by atoms with Crippen LogP contribution in [0.4, 0.5) is 0 Å². The molecule has 4 aromatic rings. The van der Waals surface area contributed by atoms with E-state index >= 15 is 0 Å². The van der Waals surface area contributed by atoms with Crippen molar-refractivity contribution >= 4 is 11.8 Å². The Morgan fingerprint density at radius 3 is 2.29 bits per heavy atom. The van der Waals surface area contributed by atoms with E-state index in [1.54, 1.807) is 0 Å². The fraction of sp³-hybridized carbons (Fsp3) is 0.222. The fourth-order valence-corrected chi connectivity index (χ4v) is 5.09. The first-order valence-corrected chi connectivity index (χ1v) is 12.1. The predicted octanol–water partition coefficient (Wildman–Crippen LogP) is 5.88. The molecule has 0 spiro atoms. The van der Waals surface area contributed by atoms with E-state index in [0.717, 1.165) is 29.9 Å². The normalized spacial score (nSPS) is 14.6. The molecule has 1 fully saturated rings. The van der Waals surface area contributed by atoms with Gasteiger partial charge in [-0.1, -0.05) is 72.8 Å². The van der Waals surface area contributed by atoms with Crippen LogP contribution in [0.2, 0.25) is 0 Å². The predicted molar refractivity (Wildman–Crippen MR) is 131 cm³/mol. The molecule has 0 unspecified atom stereocenters. The number of thioether (sulfide) groups is 1. The number of aromatic amines is 1. The first-order valence-electron chi connectivity index (χ1n) is 10.9. The van der Waals surface area contributed by atoms with Gasteiger partial charge in [-0.05, 0) is 34.4 Å². The monoisotopic (exact) mass is 425 g/mol. The zero-order valence-corrected chi connectivity index (χ0v) is 18.4. The lowest BCUT2D eigenvalue weighted by atomic mass is 10.0. The van der Waals surface area contributed by atoms with Crippen molar-refractivity contribution in [3.63, 3.8) is 0 Å². The van der Waals surface area contributed by atoms with Crippen molar-refractivity contribution in [2.45, 2.75) is 13.0 Å². The summed E-state index contributed by atoms with van der Waals surface area (Å²) in [5.41, 5.74) is 8.48. The van der Waals surface area contributed by atoms with E-state index in [1.807, 2.05) is 6.07 Å². The highest BCUT2D eigenvalue weighted by Gasteiger charge is 2.11. The van der Waals surface area contributed by atoms with Gasteiger partial charge in [0.05, 0.1) is 5.69 Å². The molecule has 1 aromatic heterocycles. The Balaban J connectivity index is 1.28. The summed E-state index contributed by atoms with van der Waals surface area (Å²) >= 11 is 2.06. The minimum absolute atomic E-state index is 0.869. The van der Waals surface area contributed by atoms with Gasteiger partial charge in [0.2, 0.25) is 0 Å². The molecule has 0 amide bonds. The van der Waals surface area contributed by atoms with Crippen LogP contribution < -0.4 is 0 Å². The van der Waals surface area contributed by atoms with Gasteiger partial charge in [0.25, 0.3) is 0 Å². The van der Waals surface area contributed by atoms with Gasteiger partial charge >= 0.3 is 0 Å². The molecule has 0 radical (unpaired) electrons. The molecule has 1 N–H and O–H groups in total. The van der Waals surface area contributed by atoms with E-state index in [0.29, 0.717) is 0 Å². The summed E-state index contributed by atoms with van der Waals surface area (Å²) in [7, 11) is 0. The molecule has 3 aromatic carbocycles. The Kier molecular flexibility index (Phi) is 6.19. The summed E-state index contributed by atoms with van der Waals surface area (Å²) in [6.45, 7) is 3.43. The molecule has 1 aliphatic rings. The zero-order valence-electron chi connectivity index (χ0n) is 17.6. The van der Waals surface area contributed by atoms with Gasteiger partial charge in [-0.25, -0.2) is 0 Å². The van der Waals surface area contributed by atoms with Crippen LogP contribution in [-0.2, 0) is 13.0 Å². The van der Waals surface area contributed by atoms with Crippen LogP contribution in [0.15, 0.2) is 84.9 Å². The SMILES string of the molecule is c1ccc(Cc2cc(-c3ccc(-c4cccc(CN5CCSCC5)c4)cc3)n[nH]2)cc1. The number of benzene rings is 3. The molecule has 31 heavy (non-hydrogen) atoms. The number of H-pyrrole nitrogens is 1. The van der Waals surface area contributed by atoms with Crippen LogP contribution in [-0.4, -0.2) is 39.7 Å². The molecule has 156 valence electrons. The molecule has 5 rings (SSSR count). The average Bonchev–Trinajstić information content (AvgIpc) is 3.29. The van der Waals surface area contributed by atoms with Gasteiger partial charge in [0.15, 0.2) is 0 Å². The molecule has 2 heterocycles. The second-order valence-corrected chi connectivity index (χ2v) is 9.33. The molecule has 3 nitrogen and oxygen atoms in total. The Bertz CT molecular complexity index is 1110. The van der Waals surface area contributed by atoms with Crippen molar-refractivity contribution in [2.75, 3.05) is 24.6 Å². The van der Waals surface area contributed by atoms with E-state index in [2.05, 4.69) is 106 Å². The highest BCUT2D eigenvalue weighted by molar-refractivity contribution is 7.99. The summed E-state index contributed by atoms with van der Waals surface area (Å²) in [4.78, 5) is 2.56. The maximum absolute atomic E-state index is 4.53. The standard InChI is InChI=1S/C27H27N3S/c1-2-5-21(6-3-1)18-26-19-27(29-28-26)24-11-9-23(10-12-24)25-8-4-7-22(17-25)20-30-13-15-31-16-14-30/h1-12,17,19H,13-16,18,20H2,(H,28,29). The van der Waals surface area contributed by atoms with Crippen molar-refractivity contribution in [3.05, 3.63) is 102 Å². The number of nitrogens with one attached hydrogen (secondary N) is 1. The lowest BCUT2D eigenvalue weighted by Gasteiger charge is -2.26. The van der Waals surface area contributed by atoms with E-state index in [-0.39, 0.29) is 0 Å². The Morgan fingerprint density at radius 2 is 1.48 bits per heavy atom. The van der Waals surface area contributed by atoms with Crippen molar-refractivity contribution in [1.29, 1.82) is 0 Å². The maximum Gasteiger partial charge on any atom is 0.0923 e. The van der Waals surface area contributed by atoms with Crippen LogP contribution in [0.3, 0.4) is 0 Å². The first-order chi connectivity index (χ1) is 15.3. The Morgan fingerprint density at radius 1 is 0.742 bits per heavy atom. The van der Waals surface area contributed by atoms with Gasteiger partial charge in [-0.15, -0.1) is 0 Å². The minimum atomic E-state index is 0.869. The third-order valence-corrected chi connectivity index (χ3v) is 6.76. The number of aromatic nitrogens is 2. The highest BCUT2D eigenvalue weighted by atomic mass is 32.2. The summed E-state index contributed by atoms with van der Waals surface area (Å²) < 4.78 is 0. The minimum Gasteiger partial charge on any atom is -0.297 e. The number of nitrogens with zero attached hydrogens (tertiary/aromatic N) is 2. The van der Waals surface area contributed by atoms with Crippen molar-refractivity contribution in [1.82, 2.24) is 15.1 Å². The third kappa shape index (κ3) is 5.09.